The Morgan fingerprint density at radius 2 is 1.86 bits per heavy atom. The van der Waals surface area contributed by atoms with Crippen LogP contribution in [0.5, 0.6) is 5.75 Å². The molecule has 0 spiro atoms. The lowest BCUT2D eigenvalue weighted by atomic mass is 10.1. The number of carbonyl (C=O) groups excluding carboxylic acids is 3. The molecule has 0 fully saturated rings. The lowest BCUT2D eigenvalue weighted by Gasteiger charge is -2.24. The highest BCUT2D eigenvalue weighted by Gasteiger charge is 2.26. The number of carbonyl (C=O) groups is 3. The van der Waals surface area contributed by atoms with Crippen molar-refractivity contribution >= 4 is 17.7 Å². The van der Waals surface area contributed by atoms with E-state index < -0.39 is 29.3 Å². The molecule has 1 N–H and O–H groups in total. The first kappa shape index (κ1) is 23.6. The van der Waals surface area contributed by atoms with E-state index in [-0.39, 0.29) is 29.9 Å². The second-order valence-electron chi connectivity index (χ2n) is 7.57. The van der Waals surface area contributed by atoms with E-state index in [4.69, 9.17) is 9.47 Å². The fourth-order valence-electron chi connectivity index (χ4n) is 2.51. The first-order valence-corrected chi connectivity index (χ1v) is 9.46. The number of rotatable bonds is 10. The van der Waals surface area contributed by atoms with Crippen molar-refractivity contribution in [1.29, 1.82) is 0 Å². The van der Waals surface area contributed by atoms with Crippen molar-refractivity contribution in [2.45, 2.75) is 71.4 Å². The largest absolute Gasteiger partial charge is 0.494 e. The highest BCUT2D eigenvalue weighted by Crippen LogP contribution is 2.19. The molecule has 1 amide bonds. The van der Waals surface area contributed by atoms with Crippen LogP contribution in [0.4, 0.5) is 4.39 Å². The van der Waals surface area contributed by atoms with Gasteiger partial charge in [-0.2, -0.15) is 0 Å². The minimum absolute atomic E-state index is 0.0467. The first-order chi connectivity index (χ1) is 13.1. The number of hydrogen-bond acceptors (Lipinski definition) is 5. The SMILES string of the molecule is CCCCC(NC(=O)CCC(=O)c1ccc(OC)c(F)c1)C(=O)OC(C)(C)C. The maximum atomic E-state index is 13.7. The minimum atomic E-state index is -0.750. The van der Waals surface area contributed by atoms with Crippen LogP contribution in [-0.4, -0.2) is 36.4 Å². The molecule has 0 heterocycles. The Kier molecular flexibility index (Phi) is 9.09. The van der Waals surface area contributed by atoms with E-state index in [9.17, 15) is 18.8 Å². The molecule has 1 atom stereocenters. The molecule has 1 unspecified atom stereocenters. The van der Waals surface area contributed by atoms with Gasteiger partial charge in [-0.15, -0.1) is 0 Å². The van der Waals surface area contributed by atoms with Crippen LogP contribution in [0.3, 0.4) is 0 Å². The Balaban J connectivity index is 2.64. The molecular weight excluding hydrogens is 365 g/mol. The van der Waals surface area contributed by atoms with Gasteiger partial charge in [0.25, 0.3) is 0 Å². The third kappa shape index (κ3) is 8.06. The monoisotopic (exact) mass is 395 g/mol. The van der Waals surface area contributed by atoms with Gasteiger partial charge in [-0.25, -0.2) is 9.18 Å². The molecule has 0 aliphatic heterocycles. The van der Waals surface area contributed by atoms with Gasteiger partial charge in [0.2, 0.25) is 5.91 Å². The lowest BCUT2D eigenvalue weighted by Crippen LogP contribution is -2.44. The third-order valence-corrected chi connectivity index (χ3v) is 3.93. The molecule has 0 saturated carbocycles. The fraction of sp³-hybridized carbons (Fsp3) is 0.571. The van der Waals surface area contributed by atoms with Gasteiger partial charge in [0.1, 0.15) is 11.6 Å². The van der Waals surface area contributed by atoms with Crippen LogP contribution in [0, 0.1) is 5.82 Å². The maximum Gasteiger partial charge on any atom is 0.329 e. The van der Waals surface area contributed by atoms with Gasteiger partial charge in [0.15, 0.2) is 17.3 Å². The van der Waals surface area contributed by atoms with Crippen LogP contribution in [-0.2, 0) is 14.3 Å². The summed E-state index contributed by atoms with van der Waals surface area (Å²) in [7, 11) is 1.34. The summed E-state index contributed by atoms with van der Waals surface area (Å²) in [5.41, 5.74) is -0.485. The van der Waals surface area contributed by atoms with Gasteiger partial charge in [-0.1, -0.05) is 19.8 Å². The summed E-state index contributed by atoms with van der Waals surface area (Å²) in [6, 6.07) is 3.16. The number of amides is 1. The van der Waals surface area contributed by atoms with Crippen LogP contribution >= 0.6 is 0 Å². The zero-order valence-corrected chi connectivity index (χ0v) is 17.3. The van der Waals surface area contributed by atoms with Crippen molar-refractivity contribution in [3.8, 4) is 5.75 Å². The van der Waals surface area contributed by atoms with Crippen LogP contribution in [0.15, 0.2) is 18.2 Å². The number of nitrogens with one attached hydrogen (secondary N) is 1. The molecule has 0 radical (unpaired) electrons. The van der Waals surface area contributed by atoms with E-state index >= 15 is 0 Å². The van der Waals surface area contributed by atoms with Crippen LogP contribution in [0.2, 0.25) is 0 Å². The summed E-state index contributed by atoms with van der Waals surface area (Å²) >= 11 is 0. The summed E-state index contributed by atoms with van der Waals surface area (Å²) in [6.07, 6.45) is 1.91. The van der Waals surface area contributed by atoms with Crippen molar-refractivity contribution in [3.63, 3.8) is 0 Å². The number of unbranched alkanes of at least 4 members (excludes halogenated alkanes) is 1. The average Bonchev–Trinajstić information content (AvgIpc) is 2.61. The number of methoxy groups -OCH3 is 1. The summed E-state index contributed by atoms with van der Waals surface area (Å²) < 4.78 is 23.9. The van der Waals surface area contributed by atoms with Gasteiger partial charge < -0.3 is 14.8 Å². The number of benzene rings is 1. The van der Waals surface area contributed by atoms with Crippen molar-refractivity contribution in [2.75, 3.05) is 7.11 Å². The topological polar surface area (TPSA) is 81.7 Å². The molecule has 1 rings (SSSR count). The van der Waals surface area contributed by atoms with Crippen LogP contribution < -0.4 is 10.1 Å². The summed E-state index contributed by atoms with van der Waals surface area (Å²) in [5, 5.41) is 2.65. The first-order valence-electron chi connectivity index (χ1n) is 9.46. The quantitative estimate of drug-likeness (QED) is 0.481. The van der Waals surface area contributed by atoms with Gasteiger partial charge in [0, 0.05) is 18.4 Å². The van der Waals surface area contributed by atoms with Crippen LogP contribution in [0.1, 0.15) is 70.2 Å². The van der Waals surface area contributed by atoms with E-state index in [1.54, 1.807) is 20.8 Å². The van der Waals surface area contributed by atoms with E-state index in [0.29, 0.717) is 6.42 Å². The Bertz CT molecular complexity index is 697. The number of esters is 1. The molecule has 0 aliphatic carbocycles. The van der Waals surface area contributed by atoms with Crippen molar-refractivity contribution in [3.05, 3.63) is 29.6 Å². The molecular formula is C21H30FNO5. The number of halogens is 1. The molecule has 1 aromatic carbocycles. The zero-order chi connectivity index (χ0) is 21.3. The number of ether oxygens (including phenoxy) is 2. The lowest BCUT2D eigenvalue weighted by molar-refractivity contribution is -0.158. The molecule has 0 aliphatic rings. The Hall–Kier alpha value is -2.44. The standard InChI is InChI=1S/C21H30FNO5/c1-6-7-8-16(20(26)28-21(2,3)4)23-19(25)12-10-17(24)14-9-11-18(27-5)15(22)13-14/h9,11,13,16H,6-8,10,12H2,1-5H3,(H,23,25). The molecule has 0 saturated heterocycles. The second kappa shape index (κ2) is 10.8. The van der Waals surface area contributed by atoms with Crippen molar-refractivity contribution < 1.29 is 28.2 Å². The van der Waals surface area contributed by atoms with E-state index in [1.807, 2.05) is 6.92 Å². The predicted molar refractivity (Wildman–Crippen MR) is 104 cm³/mol. The molecule has 1 aromatic rings. The van der Waals surface area contributed by atoms with Crippen molar-refractivity contribution in [2.24, 2.45) is 0 Å². The van der Waals surface area contributed by atoms with Gasteiger partial charge in [-0.3, -0.25) is 9.59 Å². The summed E-state index contributed by atoms with van der Waals surface area (Å²) in [5.74, 6) is -1.86. The highest BCUT2D eigenvalue weighted by atomic mass is 19.1. The smallest absolute Gasteiger partial charge is 0.329 e. The van der Waals surface area contributed by atoms with Gasteiger partial charge >= 0.3 is 5.97 Å². The Morgan fingerprint density at radius 1 is 1.18 bits per heavy atom. The third-order valence-electron chi connectivity index (χ3n) is 3.93. The minimum Gasteiger partial charge on any atom is -0.494 e. The highest BCUT2D eigenvalue weighted by molar-refractivity contribution is 5.98. The number of Topliss-reactive ketones (excluding diaryl/α,β-unsaturated/α-hetero) is 1. The molecule has 0 aromatic heterocycles. The van der Waals surface area contributed by atoms with E-state index in [0.717, 1.165) is 18.9 Å². The van der Waals surface area contributed by atoms with Gasteiger partial charge in [0.05, 0.1) is 7.11 Å². The molecule has 28 heavy (non-hydrogen) atoms. The van der Waals surface area contributed by atoms with E-state index in [2.05, 4.69) is 5.32 Å². The number of hydrogen-bond donors (Lipinski definition) is 1. The normalized spacial score (nSPS) is 12.2. The fourth-order valence-corrected chi connectivity index (χ4v) is 2.51. The predicted octanol–water partition coefficient (Wildman–Crippen LogP) is 3.81. The summed E-state index contributed by atoms with van der Waals surface area (Å²) in [6.45, 7) is 7.27. The van der Waals surface area contributed by atoms with E-state index in [1.165, 1.54) is 19.2 Å². The molecule has 6 nitrogen and oxygen atoms in total. The van der Waals surface area contributed by atoms with Crippen molar-refractivity contribution in [1.82, 2.24) is 5.32 Å². The van der Waals surface area contributed by atoms with Crippen LogP contribution in [0.25, 0.3) is 0 Å². The zero-order valence-electron chi connectivity index (χ0n) is 17.3. The average molecular weight is 395 g/mol. The molecule has 156 valence electrons. The number of ketones is 1. The summed E-state index contributed by atoms with van der Waals surface area (Å²) in [4.78, 5) is 36.7. The second-order valence-corrected chi connectivity index (χ2v) is 7.57. The molecule has 7 heteroatoms. The molecule has 0 bridgehead atoms. The maximum absolute atomic E-state index is 13.7. The van der Waals surface area contributed by atoms with Gasteiger partial charge in [-0.05, 0) is 45.4 Å². The Morgan fingerprint density at radius 3 is 2.39 bits per heavy atom. The Labute approximate surface area is 165 Å².